The Bertz CT molecular complexity index is 872. The molecule has 5 rings (SSSR count). The van der Waals surface area contributed by atoms with Gasteiger partial charge >= 0.3 is 0 Å². The minimum absolute atomic E-state index is 0.126. The van der Waals surface area contributed by atoms with Crippen LogP contribution in [0.4, 0.5) is 0 Å². The predicted octanol–water partition coefficient (Wildman–Crippen LogP) is -0.540. The van der Waals surface area contributed by atoms with Crippen molar-refractivity contribution in [1.29, 1.82) is 0 Å². The molecule has 4 aliphatic rings. The summed E-state index contributed by atoms with van der Waals surface area (Å²) in [5.74, 6) is 0.287. The van der Waals surface area contributed by atoms with Crippen molar-refractivity contribution in [3.8, 4) is 0 Å². The van der Waals surface area contributed by atoms with Crippen molar-refractivity contribution < 1.29 is 19.5 Å². The van der Waals surface area contributed by atoms with Crippen LogP contribution in [-0.2, 0) is 22.7 Å². The normalized spacial score (nSPS) is 31.9. The second-order valence-electron chi connectivity index (χ2n) is 8.71. The van der Waals surface area contributed by atoms with Crippen LogP contribution < -0.4 is 10.6 Å². The highest BCUT2D eigenvalue weighted by atomic mass is 16.3. The number of hydrogen-bond donors (Lipinski definition) is 3. The van der Waals surface area contributed by atoms with Crippen molar-refractivity contribution in [3.63, 3.8) is 0 Å². The van der Waals surface area contributed by atoms with E-state index in [4.69, 9.17) is 0 Å². The maximum atomic E-state index is 13.0. The minimum atomic E-state index is -0.572. The lowest BCUT2D eigenvalue weighted by molar-refractivity contribution is -0.136. The van der Waals surface area contributed by atoms with Crippen molar-refractivity contribution >= 4 is 17.7 Å². The third-order valence-corrected chi connectivity index (χ3v) is 6.92. The topological polar surface area (TPSA) is 102 Å². The number of carbonyl (C=O) groups is 3. The van der Waals surface area contributed by atoms with Gasteiger partial charge in [-0.3, -0.25) is 24.6 Å². The molecular weight excluding hydrogens is 372 g/mol. The fourth-order valence-electron chi connectivity index (χ4n) is 5.40. The summed E-state index contributed by atoms with van der Waals surface area (Å²) in [7, 11) is 0. The predicted molar refractivity (Wildman–Crippen MR) is 104 cm³/mol. The number of nitrogens with zero attached hydrogens (tertiary/aromatic N) is 2. The average molecular weight is 398 g/mol. The lowest BCUT2D eigenvalue weighted by Crippen LogP contribution is -2.52. The molecule has 8 nitrogen and oxygen atoms in total. The maximum Gasteiger partial charge on any atom is 0.255 e. The summed E-state index contributed by atoms with van der Waals surface area (Å²) in [5.41, 5.74) is 2.70. The van der Waals surface area contributed by atoms with Gasteiger partial charge in [0.25, 0.3) is 5.91 Å². The number of aliphatic hydroxyl groups excluding tert-OH is 1. The van der Waals surface area contributed by atoms with Gasteiger partial charge in [-0.1, -0.05) is 12.1 Å². The zero-order valence-electron chi connectivity index (χ0n) is 16.3. The zero-order valence-corrected chi connectivity index (χ0v) is 16.3. The van der Waals surface area contributed by atoms with Crippen LogP contribution in [-0.4, -0.2) is 71.0 Å². The second-order valence-corrected chi connectivity index (χ2v) is 8.71. The summed E-state index contributed by atoms with van der Waals surface area (Å²) in [4.78, 5) is 40.5. The van der Waals surface area contributed by atoms with Gasteiger partial charge in [-0.2, -0.15) is 0 Å². The van der Waals surface area contributed by atoms with E-state index in [1.807, 2.05) is 12.1 Å². The van der Waals surface area contributed by atoms with E-state index in [9.17, 15) is 19.5 Å². The lowest BCUT2D eigenvalue weighted by atomic mass is 9.95. The molecule has 0 aromatic heterocycles. The van der Waals surface area contributed by atoms with Gasteiger partial charge in [0.15, 0.2) is 0 Å². The molecule has 0 spiro atoms. The minimum Gasteiger partial charge on any atom is -0.395 e. The average Bonchev–Trinajstić information content (AvgIpc) is 3.35. The van der Waals surface area contributed by atoms with Gasteiger partial charge in [-0.15, -0.1) is 0 Å². The van der Waals surface area contributed by atoms with Crippen LogP contribution in [0.2, 0.25) is 0 Å². The van der Waals surface area contributed by atoms with Crippen molar-refractivity contribution in [2.24, 2.45) is 11.8 Å². The standard InChI is InChI=1S/C21H26N4O4/c26-11-17-16-10-24(8-14(16)6-22-17)7-12-1-2-13-9-25(21(29)15(13)5-12)18-3-4-19(27)23-20(18)28/h1-2,5,14,16-18,22,26H,3-4,6-11H2,(H,23,27,28). The van der Waals surface area contributed by atoms with Crippen molar-refractivity contribution in [2.45, 2.75) is 38.0 Å². The van der Waals surface area contributed by atoms with Crippen LogP contribution in [0.15, 0.2) is 18.2 Å². The highest BCUT2D eigenvalue weighted by molar-refractivity contribution is 6.05. The number of nitrogens with one attached hydrogen (secondary N) is 2. The molecule has 3 fully saturated rings. The van der Waals surface area contributed by atoms with Crippen LogP contribution in [0.25, 0.3) is 0 Å². The first-order valence-corrected chi connectivity index (χ1v) is 10.4. The number of benzene rings is 1. The van der Waals surface area contributed by atoms with E-state index in [2.05, 4.69) is 21.6 Å². The van der Waals surface area contributed by atoms with Crippen molar-refractivity contribution in [2.75, 3.05) is 26.2 Å². The smallest absolute Gasteiger partial charge is 0.255 e. The molecule has 0 bridgehead atoms. The highest BCUT2D eigenvalue weighted by Gasteiger charge is 2.42. The molecule has 0 radical (unpaired) electrons. The number of amides is 3. The lowest BCUT2D eigenvalue weighted by Gasteiger charge is -2.29. The molecule has 3 N–H and O–H groups in total. The summed E-state index contributed by atoms with van der Waals surface area (Å²) in [6.07, 6.45) is 0.649. The van der Waals surface area contributed by atoms with Gasteiger partial charge in [0.1, 0.15) is 6.04 Å². The van der Waals surface area contributed by atoms with Crippen LogP contribution in [0, 0.1) is 11.8 Å². The zero-order chi connectivity index (χ0) is 20.1. The molecule has 1 aromatic carbocycles. The van der Waals surface area contributed by atoms with Crippen molar-refractivity contribution in [3.05, 3.63) is 34.9 Å². The van der Waals surface area contributed by atoms with E-state index in [-0.39, 0.29) is 36.8 Å². The maximum absolute atomic E-state index is 13.0. The Morgan fingerprint density at radius 2 is 2.03 bits per heavy atom. The molecule has 4 atom stereocenters. The molecule has 29 heavy (non-hydrogen) atoms. The molecule has 154 valence electrons. The number of piperidine rings is 1. The molecule has 4 unspecified atom stereocenters. The Kier molecular flexibility index (Phi) is 4.64. The van der Waals surface area contributed by atoms with E-state index < -0.39 is 6.04 Å². The van der Waals surface area contributed by atoms with Gasteiger partial charge in [-0.25, -0.2) is 0 Å². The number of rotatable bonds is 4. The molecule has 3 amide bonds. The molecule has 0 saturated carbocycles. The van der Waals surface area contributed by atoms with E-state index in [1.165, 1.54) is 0 Å². The number of carbonyl (C=O) groups excluding carboxylic acids is 3. The summed E-state index contributed by atoms with van der Waals surface area (Å²) >= 11 is 0. The van der Waals surface area contributed by atoms with Crippen LogP contribution in [0.5, 0.6) is 0 Å². The van der Waals surface area contributed by atoms with Crippen LogP contribution in [0.1, 0.15) is 34.3 Å². The third kappa shape index (κ3) is 3.25. The van der Waals surface area contributed by atoms with Crippen LogP contribution in [0.3, 0.4) is 0 Å². The fourth-order valence-corrected chi connectivity index (χ4v) is 5.40. The Labute approximate surface area is 169 Å². The second kappa shape index (κ2) is 7.19. The molecule has 4 heterocycles. The van der Waals surface area contributed by atoms with Crippen LogP contribution >= 0.6 is 0 Å². The number of imide groups is 1. The van der Waals surface area contributed by atoms with Gasteiger partial charge in [0.2, 0.25) is 11.8 Å². The highest BCUT2D eigenvalue weighted by Crippen LogP contribution is 2.33. The number of fused-ring (bicyclic) bond motifs is 2. The first kappa shape index (κ1) is 18.7. The van der Waals surface area contributed by atoms with E-state index in [1.54, 1.807) is 4.90 Å². The molecular formula is C21H26N4O4. The van der Waals surface area contributed by atoms with E-state index in [0.29, 0.717) is 30.4 Å². The molecule has 0 aliphatic carbocycles. The first-order valence-electron chi connectivity index (χ1n) is 10.4. The van der Waals surface area contributed by atoms with Crippen molar-refractivity contribution in [1.82, 2.24) is 20.4 Å². The Morgan fingerprint density at radius 1 is 1.17 bits per heavy atom. The summed E-state index contributed by atoms with van der Waals surface area (Å²) in [6, 6.07) is 5.63. The molecule has 1 aromatic rings. The summed E-state index contributed by atoms with van der Waals surface area (Å²) < 4.78 is 0. The number of likely N-dealkylation sites (tertiary alicyclic amines) is 1. The largest absolute Gasteiger partial charge is 0.395 e. The van der Waals surface area contributed by atoms with Gasteiger partial charge in [-0.05, 0) is 42.0 Å². The third-order valence-electron chi connectivity index (χ3n) is 6.92. The van der Waals surface area contributed by atoms with Gasteiger partial charge in [0, 0.05) is 44.2 Å². The van der Waals surface area contributed by atoms with E-state index in [0.717, 1.165) is 37.3 Å². The number of hydrogen-bond acceptors (Lipinski definition) is 6. The monoisotopic (exact) mass is 398 g/mol. The van der Waals surface area contributed by atoms with Gasteiger partial charge in [0.05, 0.1) is 6.61 Å². The van der Waals surface area contributed by atoms with Gasteiger partial charge < -0.3 is 15.3 Å². The summed E-state index contributed by atoms with van der Waals surface area (Å²) in [6.45, 7) is 4.29. The molecule has 3 saturated heterocycles. The Hall–Kier alpha value is -2.29. The molecule has 8 heteroatoms. The summed E-state index contributed by atoms with van der Waals surface area (Å²) in [5, 5.41) is 15.3. The Balaban J connectivity index is 1.27. The van der Waals surface area contributed by atoms with E-state index >= 15 is 0 Å². The SMILES string of the molecule is O=C1CCC(N2Cc3ccc(CN4CC5CNC(CO)C5C4)cc3C2=O)C(=O)N1. The molecule has 4 aliphatic heterocycles. The Morgan fingerprint density at radius 3 is 2.83 bits per heavy atom. The number of aliphatic hydroxyl groups is 1. The fraction of sp³-hybridized carbons (Fsp3) is 0.571. The quantitative estimate of drug-likeness (QED) is 0.589. The first-order chi connectivity index (χ1) is 14.0.